The maximum atomic E-state index is 12.2. The van der Waals surface area contributed by atoms with Crippen LogP contribution in [0.5, 0.6) is 0 Å². The second-order valence-electron chi connectivity index (χ2n) is 5.98. The van der Waals surface area contributed by atoms with Gasteiger partial charge in [-0.3, -0.25) is 4.90 Å². The van der Waals surface area contributed by atoms with Crippen LogP contribution in [-0.2, 0) is 11.2 Å². The van der Waals surface area contributed by atoms with Crippen molar-refractivity contribution in [2.24, 2.45) is 5.92 Å². The molecule has 0 saturated heterocycles. The van der Waals surface area contributed by atoms with E-state index < -0.39 is 0 Å². The van der Waals surface area contributed by atoms with E-state index in [1.54, 1.807) is 4.90 Å². The smallest absolute Gasteiger partial charge is 0.410 e. The van der Waals surface area contributed by atoms with Gasteiger partial charge in [-0.2, -0.15) is 0 Å². The van der Waals surface area contributed by atoms with E-state index in [2.05, 4.69) is 30.9 Å². The van der Waals surface area contributed by atoms with Gasteiger partial charge in [-0.1, -0.05) is 54.3 Å². The van der Waals surface area contributed by atoms with Crippen molar-refractivity contribution in [3.8, 4) is 11.8 Å². The van der Waals surface area contributed by atoms with Gasteiger partial charge in [-0.15, -0.1) is 0 Å². The van der Waals surface area contributed by atoms with Crippen LogP contribution in [0.15, 0.2) is 54.6 Å². The van der Waals surface area contributed by atoms with Gasteiger partial charge in [-0.25, -0.2) is 4.79 Å². The van der Waals surface area contributed by atoms with Gasteiger partial charge in [-0.05, 0) is 36.6 Å². The quantitative estimate of drug-likeness (QED) is 0.743. The van der Waals surface area contributed by atoms with Gasteiger partial charge in [0.15, 0.2) is 0 Å². The van der Waals surface area contributed by atoms with Crippen molar-refractivity contribution in [2.45, 2.75) is 19.4 Å². The molecule has 1 amide bonds. The molecule has 0 radical (unpaired) electrons. The third-order valence-electron chi connectivity index (χ3n) is 4.43. The van der Waals surface area contributed by atoms with Crippen LogP contribution >= 0.6 is 0 Å². The minimum absolute atomic E-state index is 0.00533. The van der Waals surface area contributed by atoms with Crippen LogP contribution in [-0.4, -0.2) is 24.6 Å². The van der Waals surface area contributed by atoms with Crippen molar-refractivity contribution < 1.29 is 9.53 Å². The summed E-state index contributed by atoms with van der Waals surface area (Å²) >= 11 is 0. The van der Waals surface area contributed by atoms with E-state index in [9.17, 15) is 4.79 Å². The molecule has 122 valence electrons. The first kappa shape index (κ1) is 16.1. The Bertz CT molecular complexity index is 773. The standard InChI is InChI=1S/C21H21NO2/c1-16(12-13-17-8-4-3-5-9-17)20-19-11-7-6-10-18(19)14-15-22(20)21(23)24-2/h3-11,16,20H,14-15H2,1-2H3. The molecule has 0 fully saturated rings. The van der Waals surface area contributed by atoms with Crippen LogP contribution in [0, 0.1) is 17.8 Å². The van der Waals surface area contributed by atoms with E-state index >= 15 is 0 Å². The van der Waals surface area contributed by atoms with Crippen molar-refractivity contribution >= 4 is 6.09 Å². The van der Waals surface area contributed by atoms with E-state index in [1.165, 1.54) is 18.2 Å². The number of hydrogen-bond donors (Lipinski definition) is 0. The van der Waals surface area contributed by atoms with Gasteiger partial charge in [0, 0.05) is 18.0 Å². The Morgan fingerprint density at radius 1 is 1.17 bits per heavy atom. The summed E-state index contributed by atoms with van der Waals surface area (Å²) in [4.78, 5) is 14.0. The molecule has 1 aliphatic rings. The molecule has 3 rings (SSSR count). The van der Waals surface area contributed by atoms with Crippen molar-refractivity contribution in [1.29, 1.82) is 0 Å². The molecule has 0 N–H and O–H groups in total. The molecule has 2 unspecified atom stereocenters. The highest BCUT2D eigenvalue weighted by molar-refractivity contribution is 5.69. The second kappa shape index (κ2) is 7.23. The van der Waals surface area contributed by atoms with Crippen molar-refractivity contribution in [1.82, 2.24) is 4.90 Å². The fraction of sp³-hybridized carbons (Fsp3) is 0.286. The first-order chi connectivity index (χ1) is 11.7. The molecule has 3 nitrogen and oxygen atoms in total. The Balaban J connectivity index is 1.94. The summed E-state index contributed by atoms with van der Waals surface area (Å²) in [7, 11) is 1.43. The first-order valence-electron chi connectivity index (χ1n) is 8.19. The number of nitrogens with zero attached hydrogens (tertiary/aromatic N) is 1. The third-order valence-corrected chi connectivity index (χ3v) is 4.43. The molecule has 0 aromatic heterocycles. The summed E-state index contributed by atoms with van der Waals surface area (Å²) in [5.74, 6) is 6.55. The SMILES string of the molecule is COC(=O)N1CCc2ccccc2C1C(C)C#Cc1ccccc1. The number of amides is 1. The molecule has 0 bridgehead atoms. The van der Waals surface area contributed by atoms with Gasteiger partial charge in [0.05, 0.1) is 13.2 Å². The Morgan fingerprint density at radius 2 is 1.88 bits per heavy atom. The molecule has 1 aliphatic heterocycles. The Hall–Kier alpha value is -2.73. The van der Waals surface area contributed by atoms with Crippen LogP contribution in [0.4, 0.5) is 4.79 Å². The monoisotopic (exact) mass is 319 g/mol. The minimum atomic E-state index is -0.289. The summed E-state index contributed by atoms with van der Waals surface area (Å²) in [6.07, 6.45) is 0.559. The van der Waals surface area contributed by atoms with E-state index in [4.69, 9.17) is 4.74 Å². The number of fused-ring (bicyclic) bond motifs is 1. The number of ether oxygens (including phenoxy) is 1. The van der Waals surface area contributed by atoms with Crippen molar-refractivity contribution in [3.05, 3.63) is 71.3 Å². The van der Waals surface area contributed by atoms with Gasteiger partial charge in [0.2, 0.25) is 0 Å². The molecule has 2 aromatic rings. The van der Waals surface area contributed by atoms with Crippen LogP contribution in [0.2, 0.25) is 0 Å². The molecule has 0 aliphatic carbocycles. The molecule has 2 atom stereocenters. The Labute approximate surface area is 143 Å². The van der Waals surface area contributed by atoms with Crippen LogP contribution in [0.3, 0.4) is 0 Å². The zero-order valence-corrected chi connectivity index (χ0v) is 14.0. The van der Waals surface area contributed by atoms with E-state index in [1.807, 2.05) is 42.5 Å². The highest BCUT2D eigenvalue weighted by atomic mass is 16.5. The molecule has 2 aromatic carbocycles. The predicted molar refractivity (Wildman–Crippen MR) is 94.5 cm³/mol. The molecule has 0 spiro atoms. The average Bonchev–Trinajstić information content (AvgIpc) is 2.65. The fourth-order valence-corrected chi connectivity index (χ4v) is 3.26. The lowest BCUT2D eigenvalue weighted by Crippen LogP contribution is -2.42. The highest BCUT2D eigenvalue weighted by Gasteiger charge is 2.34. The topological polar surface area (TPSA) is 29.5 Å². The van der Waals surface area contributed by atoms with Crippen LogP contribution in [0.1, 0.15) is 29.7 Å². The summed E-state index contributed by atoms with van der Waals surface area (Å²) in [5.41, 5.74) is 3.44. The molecular formula is C21H21NO2. The normalized spacial score (nSPS) is 17.2. The van der Waals surface area contributed by atoms with Crippen molar-refractivity contribution in [3.63, 3.8) is 0 Å². The lowest BCUT2D eigenvalue weighted by atomic mass is 9.86. The zero-order valence-electron chi connectivity index (χ0n) is 14.0. The van der Waals surface area contributed by atoms with Crippen LogP contribution < -0.4 is 0 Å². The Morgan fingerprint density at radius 3 is 2.62 bits per heavy atom. The van der Waals surface area contributed by atoms with Gasteiger partial charge >= 0.3 is 6.09 Å². The zero-order chi connectivity index (χ0) is 16.9. The number of methoxy groups -OCH3 is 1. The largest absolute Gasteiger partial charge is 0.453 e. The maximum absolute atomic E-state index is 12.2. The van der Waals surface area contributed by atoms with E-state index in [-0.39, 0.29) is 18.1 Å². The molecule has 0 saturated carbocycles. The van der Waals surface area contributed by atoms with E-state index in [0.29, 0.717) is 6.54 Å². The predicted octanol–water partition coefficient (Wildman–Crippen LogP) is 4.04. The van der Waals surface area contributed by atoms with Crippen LogP contribution in [0.25, 0.3) is 0 Å². The summed E-state index contributed by atoms with van der Waals surface area (Å²) < 4.78 is 4.99. The number of rotatable bonds is 1. The van der Waals surface area contributed by atoms with Crippen molar-refractivity contribution in [2.75, 3.05) is 13.7 Å². The molecule has 1 heterocycles. The highest BCUT2D eigenvalue weighted by Crippen LogP contribution is 2.35. The summed E-state index contributed by atoms with van der Waals surface area (Å²) in [5, 5.41) is 0. The van der Waals surface area contributed by atoms with Gasteiger partial charge in [0.1, 0.15) is 0 Å². The number of carbonyl (C=O) groups excluding carboxylic acids is 1. The molecule has 24 heavy (non-hydrogen) atoms. The summed E-state index contributed by atoms with van der Waals surface area (Å²) in [6, 6.07) is 18.1. The fourth-order valence-electron chi connectivity index (χ4n) is 3.26. The number of benzene rings is 2. The second-order valence-corrected chi connectivity index (χ2v) is 5.98. The molecular weight excluding hydrogens is 298 g/mol. The van der Waals surface area contributed by atoms with Gasteiger partial charge in [0.25, 0.3) is 0 Å². The molecule has 3 heteroatoms. The maximum Gasteiger partial charge on any atom is 0.410 e. The summed E-state index contributed by atoms with van der Waals surface area (Å²) in [6.45, 7) is 2.73. The lowest BCUT2D eigenvalue weighted by molar-refractivity contribution is 0.0923. The Kier molecular flexibility index (Phi) is 4.86. The average molecular weight is 319 g/mol. The first-order valence-corrected chi connectivity index (χ1v) is 8.19. The van der Waals surface area contributed by atoms with E-state index in [0.717, 1.165) is 12.0 Å². The third kappa shape index (κ3) is 3.28. The lowest BCUT2D eigenvalue weighted by Gasteiger charge is -2.38. The minimum Gasteiger partial charge on any atom is -0.453 e. The number of hydrogen-bond acceptors (Lipinski definition) is 2. The number of carbonyl (C=O) groups is 1. The van der Waals surface area contributed by atoms with Gasteiger partial charge < -0.3 is 4.74 Å².